The van der Waals surface area contributed by atoms with E-state index in [1.54, 1.807) is 7.11 Å². The lowest BCUT2D eigenvalue weighted by Gasteiger charge is -2.20. The van der Waals surface area contributed by atoms with Crippen LogP contribution in [0.25, 0.3) is 0 Å². The Balaban J connectivity index is 1.84. The van der Waals surface area contributed by atoms with Crippen LogP contribution in [-0.2, 0) is 0 Å². The Morgan fingerprint density at radius 3 is 2.63 bits per heavy atom. The Hall–Kier alpha value is -1.02. The van der Waals surface area contributed by atoms with Gasteiger partial charge >= 0.3 is 0 Å². The van der Waals surface area contributed by atoms with Crippen molar-refractivity contribution in [1.82, 2.24) is 5.32 Å². The minimum absolute atomic E-state index is 0.401. The van der Waals surface area contributed by atoms with Crippen LogP contribution < -0.4 is 10.1 Å². The summed E-state index contributed by atoms with van der Waals surface area (Å²) >= 11 is 0. The summed E-state index contributed by atoms with van der Waals surface area (Å²) in [4.78, 5) is 0. The number of rotatable bonds is 5. The van der Waals surface area contributed by atoms with E-state index in [2.05, 4.69) is 30.4 Å². The Bertz CT molecular complexity index is 369. The smallest absolute Gasteiger partial charge is 0.119 e. The van der Waals surface area contributed by atoms with Gasteiger partial charge in [-0.3, -0.25) is 0 Å². The summed E-state index contributed by atoms with van der Waals surface area (Å²) in [7, 11) is 1.72. The molecule has 1 aromatic rings. The van der Waals surface area contributed by atoms with Crippen LogP contribution in [0.5, 0.6) is 5.75 Å². The van der Waals surface area contributed by atoms with Crippen molar-refractivity contribution in [2.75, 3.05) is 13.7 Å². The Morgan fingerprint density at radius 2 is 1.95 bits per heavy atom. The molecule has 1 N–H and O–H groups in total. The number of methoxy groups -OCH3 is 1. The lowest BCUT2D eigenvalue weighted by atomic mass is 9.99. The van der Waals surface area contributed by atoms with E-state index in [1.807, 2.05) is 6.07 Å². The zero-order chi connectivity index (χ0) is 13.5. The first-order valence-electron chi connectivity index (χ1n) is 7.67. The van der Waals surface area contributed by atoms with Gasteiger partial charge in [0.1, 0.15) is 5.75 Å². The SMILES string of the molecule is COc1cccc([C@H](C)NCC2CCCCCC2)c1. The molecule has 1 atom stereocenters. The molecule has 1 fully saturated rings. The lowest BCUT2D eigenvalue weighted by Crippen LogP contribution is -2.25. The molecule has 1 saturated carbocycles. The number of ether oxygens (including phenoxy) is 1. The summed E-state index contributed by atoms with van der Waals surface area (Å²) in [5.74, 6) is 1.82. The highest BCUT2D eigenvalue weighted by Gasteiger charge is 2.13. The number of hydrogen-bond acceptors (Lipinski definition) is 2. The summed E-state index contributed by atoms with van der Waals surface area (Å²) < 4.78 is 5.29. The van der Waals surface area contributed by atoms with Gasteiger partial charge < -0.3 is 10.1 Å². The highest BCUT2D eigenvalue weighted by Crippen LogP contribution is 2.24. The van der Waals surface area contributed by atoms with Crippen LogP contribution in [0.3, 0.4) is 0 Å². The number of nitrogens with one attached hydrogen (secondary N) is 1. The minimum Gasteiger partial charge on any atom is -0.497 e. The van der Waals surface area contributed by atoms with Gasteiger partial charge in [-0.25, -0.2) is 0 Å². The van der Waals surface area contributed by atoms with Crippen molar-refractivity contribution in [1.29, 1.82) is 0 Å². The second-order valence-electron chi connectivity index (χ2n) is 5.76. The average molecular weight is 261 g/mol. The molecule has 1 aromatic carbocycles. The molecule has 0 unspecified atom stereocenters. The van der Waals surface area contributed by atoms with Crippen molar-refractivity contribution in [3.8, 4) is 5.75 Å². The molecule has 19 heavy (non-hydrogen) atoms. The van der Waals surface area contributed by atoms with Crippen molar-refractivity contribution in [3.05, 3.63) is 29.8 Å². The van der Waals surface area contributed by atoms with Crippen molar-refractivity contribution < 1.29 is 4.74 Å². The highest BCUT2D eigenvalue weighted by molar-refractivity contribution is 5.30. The Morgan fingerprint density at radius 1 is 1.21 bits per heavy atom. The molecule has 0 spiro atoms. The maximum absolute atomic E-state index is 5.29. The molecule has 2 nitrogen and oxygen atoms in total. The summed E-state index contributed by atoms with van der Waals surface area (Å²) in [5, 5.41) is 3.69. The van der Waals surface area contributed by atoms with Gasteiger partial charge in [-0.05, 0) is 49.9 Å². The van der Waals surface area contributed by atoms with Crippen LogP contribution in [0.4, 0.5) is 0 Å². The quantitative estimate of drug-likeness (QED) is 0.797. The van der Waals surface area contributed by atoms with E-state index in [0.717, 1.165) is 18.2 Å². The molecule has 0 bridgehead atoms. The largest absolute Gasteiger partial charge is 0.497 e. The van der Waals surface area contributed by atoms with E-state index in [4.69, 9.17) is 4.74 Å². The number of hydrogen-bond donors (Lipinski definition) is 1. The second-order valence-corrected chi connectivity index (χ2v) is 5.76. The van der Waals surface area contributed by atoms with Crippen LogP contribution in [0, 0.1) is 5.92 Å². The molecular formula is C17H27NO. The molecule has 0 saturated heterocycles. The van der Waals surface area contributed by atoms with E-state index < -0.39 is 0 Å². The Labute approximate surface area is 117 Å². The predicted octanol–water partition coefficient (Wildman–Crippen LogP) is 4.32. The van der Waals surface area contributed by atoms with Crippen molar-refractivity contribution in [2.45, 2.75) is 51.5 Å². The molecule has 2 rings (SSSR count). The fourth-order valence-corrected chi connectivity index (χ4v) is 2.94. The first kappa shape index (κ1) is 14.4. The molecule has 0 amide bonds. The lowest BCUT2D eigenvalue weighted by molar-refractivity contribution is 0.399. The third-order valence-electron chi connectivity index (χ3n) is 4.28. The van der Waals surface area contributed by atoms with Crippen molar-refractivity contribution in [2.24, 2.45) is 5.92 Å². The third kappa shape index (κ3) is 4.54. The van der Waals surface area contributed by atoms with Gasteiger partial charge in [-0.15, -0.1) is 0 Å². The third-order valence-corrected chi connectivity index (χ3v) is 4.28. The maximum Gasteiger partial charge on any atom is 0.119 e. The fourth-order valence-electron chi connectivity index (χ4n) is 2.94. The minimum atomic E-state index is 0.401. The summed E-state index contributed by atoms with van der Waals surface area (Å²) in [5.41, 5.74) is 1.31. The normalized spacial score (nSPS) is 18.8. The second kappa shape index (κ2) is 7.54. The summed E-state index contributed by atoms with van der Waals surface area (Å²) in [6.45, 7) is 3.39. The molecule has 0 heterocycles. The Kier molecular flexibility index (Phi) is 5.71. The van der Waals surface area contributed by atoms with Crippen LogP contribution in [0.15, 0.2) is 24.3 Å². The van der Waals surface area contributed by atoms with Gasteiger partial charge in [0.25, 0.3) is 0 Å². The molecular weight excluding hydrogens is 234 g/mol. The standard InChI is InChI=1S/C17H27NO/c1-14(16-10-7-11-17(12-16)19-2)18-13-15-8-5-3-4-6-9-15/h7,10-12,14-15,18H,3-6,8-9,13H2,1-2H3/t14-/m0/s1. The van der Waals surface area contributed by atoms with Gasteiger partial charge in [-0.1, -0.05) is 37.8 Å². The van der Waals surface area contributed by atoms with E-state index in [9.17, 15) is 0 Å². The zero-order valence-corrected chi connectivity index (χ0v) is 12.3. The molecule has 2 heteroatoms. The average Bonchev–Trinajstić information content (AvgIpc) is 2.73. The van der Waals surface area contributed by atoms with Crippen LogP contribution in [0.2, 0.25) is 0 Å². The highest BCUT2D eigenvalue weighted by atomic mass is 16.5. The fraction of sp³-hybridized carbons (Fsp3) is 0.647. The maximum atomic E-state index is 5.29. The molecule has 0 aliphatic heterocycles. The molecule has 1 aliphatic rings. The van der Waals surface area contributed by atoms with E-state index in [1.165, 1.54) is 44.1 Å². The molecule has 0 radical (unpaired) electrons. The van der Waals surface area contributed by atoms with Gasteiger partial charge in [-0.2, -0.15) is 0 Å². The van der Waals surface area contributed by atoms with Crippen LogP contribution >= 0.6 is 0 Å². The first-order chi connectivity index (χ1) is 9.29. The van der Waals surface area contributed by atoms with Crippen molar-refractivity contribution >= 4 is 0 Å². The molecule has 0 aromatic heterocycles. The van der Waals surface area contributed by atoms with Crippen molar-refractivity contribution in [3.63, 3.8) is 0 Å². The van der Waals surface area contributed by atoms with Gasteiger partial charge in [0, 0.05) is 6.04 Å². The van der Waals surface area contributed by atoms with Crippen LogP contribution in [-0.4, -0.2) is 13.7 Å². The number of benzene rings is 1. The monoisotopic (exact) mass is 261 g/mol. The summed E-state index contributed by atoms with van der Waals surface area (Å²) in [6, 6.07) is 8.77. The van der Waals surface area contributed by atoms with Gasteiger partial charge in [0.05, 0.1) is 7.11 Å². The molecule has 1 aliphatic carbocycles. The van der Waals surface area contributed by atoms with E-state index in [0.29, 0.717) is 6.04 Å². The molecule has 106 valence electrons. The first-order valence-corrected chi connectivity index (χ1v) is 7.67. The van der Waals surface area contributed by atoms with Gasteiger partial charge in [0.2, 0.25) is 0 Å². The van der Waals surface area contributed by atoms with Gasteiger partial charge in [0.15, 0.2) is 0 Å². The predicted molar refractivity (Wildman–Crippen MR) is 80.6 cm³/mol. The zero-order valence-electron chi connectivity index (χ0n) is 12.3. The topological polar surface area (TPSA) is 21.3 Å². The summed E-state index contributed by atoms with van der Waals surface area (Å²) in [6.07, 6.45) is 8.50. The van der Waals surface area contributed by atoms with E-state index in [-0.39, 0.29) is 0 Å². The van der Waals surface area contributed by atoms with Crippen LogP contribution in [0.1, 0.15) is 57.1 Å². The van der Waals surface area contributed by atoms with E-state index >= 15 is 0 Å².